The first-order chi connectivity index (χ1) is 23.0. The van der Waals surface area contributed by atoms with Crippen molar-refractivity contribution in [1.29, 1.82) is 0 Å². The Bertz CT molecular complexity index is 1870. The van der Waals surface area contributed by atoms with Crippen LogP contribution in [-0.4, -0.2) is 26.9 Å². The highest BCUT2D eigenvalue weighted by Crippen LogP contribution is 2.29. The Balaban J connectivity index is 0.00000270. The summed E-state index contributed by atoms with van der Waals surface area (Å²) in [5.74, 6) is 1.17. The minimum absolute atomic E-state index is 0. The van der Waals surface area contributed by atoms with Crippen molar-refractivity contribution in [2.24, 2.45) is 18.5 Å². The number of aryl methyl sites for hydroxylation is 3. The Kier molecular flexibility index (Phi) is 13.6. The van der Waals surface area contributed by atoms with Gasteiger partial charge in [-0.3, -0.25) is 4.79 Å². The van der Waals surface area contributed by atoms with Crippen molar-refractivity contribution in [1.82, 2.24) is 14.5 Å². The second kappa shape index (κ2) is 17.8. The lowest BCUT2D eigenvalue weighted by Crippen LogP contribution is -2.32. The molecule has 8 heteroatoms. The standard InChI is InChI=1S/C41H43N5O.2ClH/c1-45-39-22-21-36(26-38(39)44-40(45)23-20-30-12-14-31(27-42)15-13-30)41(47)46(29-33-18-16-32(28-43)17-19-33)25-24-37(34-8-4-2-5-9-34)35-10-6-3-7-11-35;;/h2-19,21-22,26,37H,20,23-25,27-29,42-43H2,1H3;2*1H. The first kappa shape index (κ1) is 37.4. The molecule has 6 rings (SSSR count). The van der Waals surface area contributed by atoms with Gasteiger partial charge in [-0.25, -0.2) is 4.98 Å². The molecule has 1 amide bonds. The number of benzene rings is 5. The molecule has 254 valence electrons. The van der Waals surface area contributed by atoms with Crippen LogP contribution in [0.4, 0.5) is 0 Å². The molecule has 0 fully saturated rings. The highest BCUT2D eigenvalue weighted by Gasteiger charge is 2.22. The second-order valence-corrected chi connectivity index (χ2v) is 12.2. The Hall–Kier alpha value is -4.46. The average Bonchev–Trinajstić information content (AvgIpc) is 3.45. The van der Waals surface area contributed by atoms with E-state index in [-0.39, 0.29) is 36.6 Å². The third kappa shape index (κ3) is 9.17. The van der Waals surface area contributed by atoms with Gasteiger partial charge in [-0.2, -0.15) is 0 Å². The van der Waals surface area contributed by atoms with Crippen LogP contribution in [-0.2, 0) is 39.5 Å². The van der Waals surface area contributed by atoms with Crippen LogP contribution in [0.2, 0.25) is 0 Å². The number of imidazole rings is 1. The van der Waals surface area contributed by atoms with Gasteiger partial charge in [0.05, 0.1) is 11.0 Å². The summed E-state index contributed by atoms with van der Waals surface area (Å²) in [7, 11) is 2.05. The number of hydrogen-bond donors (Lipinski definition) is 2. The van der Waals surface area contributed by atoms with E-state index in [9.17, 15) is 4.79 Å². The van der Waals surface area contributed by atoms with Gasteiger partial charge >= 0.3 is 0 Å². The van der Waals surface area contributed by atoms with Gasteiger partial charge in [0, 0.05) is 51.1 Å². The number of nitrogens with zero attached hydrogens (tertiary/aromatic N) is 3. The predicted molar refractivity (Wildman–Crippen MR) is 205 cm³/mol. The first-order valence-corrected chi connectivity index (χ1v) is 16.4. The van der Waals surface area contributed by atoms with Crippen LogP contribution in [0, 0.1) is 0 Å². The summed E-state index contributed by atoms with van der Waals surface area (Å²) in [6.45, 7) is 2.14. The normalized spacial score (nSPS) is 10.9. The topological polar surface area (TPSA) is 90.2 Å². The van der Waals surface area contributed by atoms with E-state index in [0.29, 0.717) is 31.7 Å². The lowest BCUT2D eigenvalue weighted by molar-refractivity contribution is 0.0739. The number of rotatable bonds is 13. The second-order valence-electron chi connectivity index (χ2n) is 12.2. The number of nitrogens with two attached hydrogens (primary N) is 2. The van der Waals surface area contributed by atoms with Crippen LogP contribution in [0.25, 0.3) is 11.0 Å². The molecule has 0 bridgehead atoms. The molecule has 0 saturated heterocycles. The molecule has 49 heavy (non-hydrogen) atoms. The molecule has 6 aromatic rings. The number of aromatic nitrogens is 2. The molecule has 0 spiro atoms. The van der Waals surface area contributed by atoms with E-state index in [2.05, 4.69) is 89.5 Å². The Labute approximate surface area is 302 Å². The van der Waals surface area contributed by atoms with E-state index in [1.165, 1.54) is 16.7 Å². The van der Waals surface area contributed by atoms with Crippen molar-refractivity contribution >= 4 is 41.8 Å². The van der Waals surface area contributed by atoms with Crippen LogP contribution in [0.15, 0.2) is 127 Å². The molecule has 4 N–H and O–H groups in total. The zero-order chi connectivity index (χ0) is 32.6. The van der Waals surface area contributed by atoms with E-state index >= 15 is 0 Å². The fourth-order valence-electron chi connectivity index (χ4n) is 6.32. The van der Waals surface area contributed by atoms with Crippen LogP contribution >= 0.6 is 24.8 Å². The van der Waals surface area contributed by atoms with Gasteiger partial charge in [-0.15, -0.1) is 24.8 Å². The van der Waals surface area contributed by atoms with Crippen molar-refractivity contribution in [3.8, 4) is 0 Å². The lowest BCUT2D eigenvalue weighted by Gasteiger charge is -2.26. The van der Waals surface area contributed by atoms with Crippen LogP contribution in [0.1, 0.15) is 61.9 Å². The molecule has 1 heterocycles. The van der Waals surface area contributed by atoms with E-state index in [1.807, 2.05) is 54.4 Å². The number of hydrogen-bond acceptors (Lipinski definition) is 4. The maximum atomic E-state index is 14.3. The molecule has 0 saturated carbocycles. The molecule has 1 aromatic heterocycles. The van der Waals surface area contributed by atoms with Gasteiger partial charge < -0.3 is 20.9 Å². The lowest BCUT2D eigenvalue weighted by atomic mass is 9.88. The van der Waals surface area contributed by atoms with Crippen molar-refractivity contribution in [2.75, 3.05) is 6.54 Å². The molecule has 0 aliphatic carbocycles. The maximum Gasteiger partial charge on any atom is 0.254 e. The zero-order valence-corrected chi connectivity index (χ0v) is 29.5. The summed E-state index contributed by atoms with van der Waals surface area (Å²) in [6.07, 6.45) is 2.49. The number of carbonyl (C=O) groups is 1. The average molecular weight is 695 g/mol. The van der Waals surface area contributed by atoms with Crippen LogP contribution < -0.4 is 11.5 Å². The minimum atomic E-state index is 0. The SMILES string of the molecule is Cl.Cl.Cn1c(CCc2ccc(CN)cc2)nc2cc(C(=O)N(CCC(c3ccccc3)c3ccccc3)Cc3ccc(CN)cc3)ccc21. The summed E-state index contributed by atoms with van der Waals surface area (Å²) in [5, 5.41) is 0. The fourth-order valence-corrected chi connectivity index (χ4v) is 6.32. The molecular weight excluding hydrogens is 649 g/mol. The molecule has 5 aromatic carbocycles. The highest BCUT2D eigenvalue weighted by atomic mass is 35.5. The van der Waals surface area contributed by atoms with Gasteiger partial charge in [0.2, 0.25) is 0 Å². The van der Waals surface area contributed by atoms with Gasteiger partial charge in [-0.1, -0.05) is 109 Å². The summed E-state index contributed by atoms with van der Waals surface area (Å²) in [6, 6.07) is 43.8. The molecule has 0 radical (unpaired) electrons. The molecule has 0 aliphatic rings. The Morgan fingerprint density at radius 1 is 0.694 bits per heavy atom. The number of halogens is 2. The van der Waals surface area contributed by atoms with Crippen molar-refractivity contribution in [3.05, 3.63) is 172 Å². The van der Waals surface area contributed by atoms with Crippen molar-refractivity contribution in [3.63, 3.8) is 0 Å². The zero-order valence-electron chi connectivity index (χ0n) is 27.9. The highest BCUT2D eigenvalue weighted by molar-refractivity contribution is 5.97. The number of fused-ring (bicyclic) bond motifs is 1. The third-order valence-electron chi connectivity index (χ3n) is 9.13. The van der Waals surface area contributed by atoms with Crippen molar-refractivity contribution < 1.29 is 4.79 Å². The van der Waals surface area contributed by atoms with Gasteiger partial charge in [0.15, 0.2) is 0 Å². The van der Waals surface area contributed by atoms with E-state index in [4.69, 9.17) is 16.5 Å². The molecule has 6 nitrogen and oxygen atoms in total. The summed E-state index contributed by atoms with van der Waals surface area (Å²) in [4.78, 5) is 21.3. The molecule has 0 unspecified atom stereocenters. The Morgan fingerprint density at radius 2 is 1.22 bits per heavy atom. The summed E-state index contributed by atoms with van der Waals surface area (Å²) < 4.78 is 2.14. The quantitative estimate of drug-likeness (QED) is 0.128. The van der Waals surface area contributed by atoms with E-state index < -0.39 is 0 Å². The van der Waals surface area contributed by atoms with Gasteiger partial charge in [-0.05, 0) is 64.4 Å². The largest absolute Gasteiger partial charge is 0.334 e. The number of carbonyl (C=O) groups excluding carboxylic acids is 1. The predicted octanol–water partition coefficient (Wildman–Crippen LogP) is 7.98. The van der Waals surface area contributed by atoms with Crippen molar-refractivity contribution in [2.45, 2.75) is 44.8 Å². The first-order valence-electron chi connectivity index (χ1n) is 16.4. The Morgan fingerprint density at radius 3 is 1.78 bits per heavy atom. The number of amides is 1. The maximum absolute atomic E-state index is 14.3. The van der Waals surface area contributed by atoms with Crippen LogP contribution in [0.3, 0.4) is 0 Å². The van der Waals surface area contributed by atoms with Gasteiger partial charge in [0.25, 0.3) is 5.91 Å². The third-order valence-corrected chi connectivity index (χ3v) is 9.13. The summed E-state index contributed by atoms with van der Waals surface area (Å²) >= 11 is 0. The summed E-state index contributed by atoms with van der Waals surface area (Å²) in [5.41, 5.74) is 21.2. The molecular formula is C41H45Cl2N5O. The van der Waals surface area contributed by atoms with E-state index in [0.717, 1.165) is 52.8 Å². The van der Waals surface area contributed by atoms with E-state index in [1.54, 1.807) is 0 Å². The monoisotopic (exact) mass is 693 g/mol. The molecule has 0 aliphatic heterocycles. The van der Waals surface area contributed by atoms with Crippen LogP contribution in [0.5, 0.6) is 0 Å². The smallest absolute Gasteiger partial charge is 0.254 e. The molecule has 0 atom stereocenters. The minimum Gasteiger partial charge on any atom is -0.334 e. The fraction of sp³-hybridized carbons (Fsp3) is 0.220. The van der Waals surface area contributed by atoms with Gasteiger partial charge in [0.1, 0.15) is 5.82 Å².